The van der Waals surface area contributed by atoms with Gasteiger partial charge in [0.15, 0.2) is 0 Å². The lowest BCUT2D eigenvalue weighted by Gasteiger charge is -2.17. The number of hydrogen-bond acceptors (Lipinski definition) is 4. The Hall–Kier alpha value is 0.160. The van der Waals surface area contributed by atoms with E-state index < -0.39 is 19.9 Å². The molecule has 0 heterocycles. The number of rotatable bonds is 6. The molecule has 6 heteroatoms. The van der Waals surface area contributed by atoms with Gasteiger partial charge < -0.3 is 9.84 Å². The molecule has 1 rings (SSSR count). The molecule has 90 valence electrons. The monoisotopic (exact) mass is 256 g/mol. The highest BCUT2D eigenvalue weighted by Gasteiger charge is 2.54. The summed E-state index contributed by atoms with van der Waals surface area (Å²) >= 11 is 0. The van der Waals surface area contributed by atoms with Crippen molar-refractivity contribution in [3.05, 3.63) is 0 Å². The van der Waals surface area contributed by atoms with Crippen LogP contribution in [0.15, 0.2) is 0 Å². The van der Waals surface area contributed by atoms with Gasteiger partial charge in [0, 0.05) is 10.7 Å². The van der Waals surface area contributed by atoms with Crippen LogP contribution in [-0.2, 0) is 13.8 Å². The lowest BCUT2D eigenvalue weighted by atomic mass is 10.2. The van der Waals surface area contributed by atoms with Crippen molar-refractivity contribution in [2.75, 3.05) is 6.61 Å². The van der Waals surface area contributed by atoms with Crippen molar-refractivity contribution in [1.29, 1.82) is 0 Å². The van der Waals surface area contributed by atoms with Gasteiger partial charge in [-0.25, -0.2) is 8.42 Å². The Morgan fingerprint density at radius 2 is 2.00 bits per heavy atom. The van der Waals surface area contributed by atoms with E-state index in [9.17, 15) is 13.5 Å². The highest BCUT2D eigenvalue weighted by Crippen LogP contribution is 2.49. The molecule has 0 bridgehead atoms. The lowest BCUT2D eigenvalue weighted by Crippen LogP contribution is -2.28. The minimum atomic E-state index is -3.57. The van der Waals surface area contributed by atoms with Gasteiger partial charge in [0.25, 0.3) is 0 Å². The van der Waals surface area contributed by atoms with E-state index in [0.717, 1.165) is 0 Å². The highest BCUT2D eigenvalue weighted by atomic mass is 35.7. The van der Waals surface area contributed by atoms with E-state index in [1.807, 2.05) is 13.8 Å². The van der Waals surface area contributed by atoms with Gasteiger partial charge in [0.2, 0.25) is 9.05 Å². The lowest BCUT2D eigenvalue weighted by molar-refractivity contribution is 0.00168. The normalized spacial score (nSPS) is 21.7. The molecule has 0 aliphatic heterocycles. The average molecular weight is 257 g/mol. The molecule has 1 aliphatic rings. The number of aliphatic hydroxyl groups excluding tert-OH is 1. The molecule has 0 aromatic rings. The van der Waals surface area contributed by atoms with Crippen LogP contribution in [0.4, 0.5) is 0 Å². The standard InChI is InChI=1S/C9H17ClO4S/c1-7(2)14-6-8(11)5-9(3-4-9)15(10,12)13/h7-8,11H,3-6H2,1-2H3. The maximum absolute atomic E-state index is 11.2. The van der Waals surface area contributed by atoms with E-state index in [-0.39, 0.29) is 19.1 Å². The smallest absolute Gasteiger partial charge is 0.238 e. The molecule has 1 atom stereocenters. The zero-order valence-electron chi connectivity index (χ0n) is 8.94. The van der Waals surface area contributed by atoms with Crippen molar-refractivity contribution in [3.63, 3.8) is 0 Å². The second-order valence-corrected chi connectivity index (χ2v) is 7.32. The van der Waals surface area contributed by atoms with Crippen molar-refractivity contribution in [3.8, 4) is 0 Å². The number of hydrogen-bond donors (Lipinski definition) is 1. The second-order valence-electron chi connectivity index (χ2n) is 4.36. The van der Waals surface area contributed by atoms with Crippen LogP contribution in [0.3, 0.4) is 0 Å². The predicted octanol–water partition coefficient (Wildman–Crippen LogP) is 1.26. The van der Waals surface area contributed by atoms with Crippen LogP contribution in [0.5, 0.6) is 0 Å². The first-order chi connectivity index (χ1) is 6.77. The SMILES string of the molecule is CC(C)OCC(O)CC1(S(=O)(=O)Cl)CC1. The Balaban J connectivity index is 2.42. The summed E-state index contributed by atoms with van der Waals surface area (Å²) < 4.78 is 26.7. The first-order valence-electron chi connectivity index (χ1n) is 5.01. The van der Waals surface area contributed by atoms with Gasteiger partial charge in [-0.2, -0.15) is 0 Å². The molecule has 0 aromatic heterocycles. The molecule has 0 radical (unpaired) electrons. The van der Waals surface area contributed by atoms with Crippen molar-refractivity contribution < 1.29 is 18.3 Å². The average Bonchev–Trinajstić information content (AvgIpc) is 2.80. The third-order valence-corrected chi connectivity index (χ3v) is 5.15. The van der Waals surface area contributed by atoms with Crippen molar-refractivity contribution >= 4 is 19.7 Å². The van der Waals surface area contributed by atoms with E-state index in [2.05, 4.69) is 0 Å². The van der Waals surface area contributed by atoms with E-state index in [1.54, 1.807) is 0 Å². The van der Waals surface area contributed by atoms with Gasteiger partial charge in [-0.1, -0.05) is 0 Å². The quantitative estimate of drug-likeness (QED) is 0.727. The maximum Gasteiger partial charge on any atom is 0.238 e. The Kier molecular flexibility index (Phi) is 4.03. The van der Waals surface area contributed by atoms with E-state index in [4.69, 9.17) is 15.4 Å². The fourth-order valence-corrected chi connectivity index (χ4v) is 3.11. The summed E-state index contributed by atoms with van der Waals surface area (Å²) in [7, 11) is 1.75. The van der Waals surface area contributed by atoms with E-state index in [0.29, 0.717) is 12.8 Å². The molecule has 1 aliphatic carbocycles. The van der Waals surface area contributed by atoms with Crippen molar-refractivity contribution in [2.45, 2.75) is 50.1 Å². The van der Waals surface area contributed by atoms with Crippen LogP contribution < -0.4 is 0 Å². The first-order valence-corrected chi connectivity index (χ1v) is 7.32. The van der Waals surface area contributed by atoms with Crippen molar-refractivity contribution in [1.82, 2.24) is 0 Å². The minimum Gasteiger partial charge on any atom is -0.391 e. The van der Waals surface area contributed by atoms with Gasteiger partial charge in [0.05, 0.1) is 23.6 Å². The Morgan fingerprint density at radius 1 is 1.47 bits per heavy atom. The summed E-state index contributed by atoms with van der Waals surface area (Å²) in [6, 6.07) is 0. The molecular formula is C9H17ClO4S. The summed E-state index contributed by atoms with van der Waals surface area (Å²) in [5.41, 5.74) is 0. The molecule has 0 aromatic carbocycles. The molecule has 1 unspecified atom stereocenters. The molecular weight excluding hydrogens is 240 g/mol. The van der Waals surface area contributed by atoms with Gasteiger partial charge >= 0.3 is 0 Å². The van der Waals surface area contributed by atoms with E-state index in [1.165, 1.54) is 0 Å². The first kappa shape index (κ1) is 13.2. The number of aliphatic hydroxyl groups is 1. The van der Waals surface area contributed by atoms with Crippen LogP contribution in [-0.4, -0.2) is 37.1 Å². The van der Waals surface area contributed by atoms with Crippen LogP contribution in [0.2, 0.25) is 0 Å². The fraction of sp³-hybridized carbons (Fsp3) is 1.00. The van der Waals surface area contributed by atoms with Crippen LogP contribution >= 0.6 is 10.7 Å². The van der Waals surface area contributed by atoms with Gasteiger partial charge in [-0.15, -0.1) is 0 Å². The topological polar surface area (TPSA) is 63.6 Å². The third-order valence-electron chi connectivity index (χ3n) is 2.55. The molecule has 15 heavy (non-hydrogen) atoms. The Bertz CT molecular complexity index is 308. The minimum absolute atomic E-state index is 0.0300. The van der Waals surface area contributed by atoms with Gasteiger partial charge in [-0.05, 0) is 33.1 Å². The molecule has 0 saturated heterocycles. The summed E-state index contributed by atoms with van der Waals surface area (Å²) in [6.07, 6.45) is 0.520. The Morgan fingerprint density at radius 3 is 2.33 bits per heavy atom. The van der Waals surface area contributed by atoms with Gasteiger partial charge in [-0.3, -0.25) is 0 Å². The molecule has 1 N–H and O–H groups in total. The zero-order chi connectivity index (χ0) is 11.7. The summed E-state index contributed by atoms with van der Waals surface area (Å²) in [4.78, 5) is 0. The molecule has 0 amide bonds. The van der Waals surface area contributed by atoms with Crippen LogP contribution in [0.1, 0.15) is 33.1 Å². The number of halogens is 1. The maximum atomic E-state index is 11.2. The highest BCUT2D eigenvalue weighted by molar-refractivity contribution is 8.15. The predicted molar refractivity (Wildman–Crippen MR) is 58.4 cm³/mol. The van der Waals surface area contributed by atoms with E-state index >= 15 is 0 Å². The second kappa shape index (κ2) is 4.57. The molecule has 1 fully saturated rings. The number of ether oxygens (including phenoxy) is 1. The summed E-state index contributed by atoms with van der Waals surface area (Å²) in [5.74, 6) is 0. The zero-order valence-corrected chi connectivity index (χ0v) is 10.5. The summed E-state index contributed by atoms with van der Waals surface area (Å²) in [6.45, 7) is 3.88. The molecule has 1 saturated carbocycles. The van der Waals surface area contributed by atoms with Gasteiger partial charge in [0.1, 0.15) is 0 Å². The Labute approximate surface area is 95.0 Å². The largest absolute Gasteiger partial charge is 0.391 e. The van der Waals surface area contributed by atoms with Crippen molar-refractivity contribution in [2.24, 2.45) is 0 Å². The molecule has 4 nitrogen and oxygen atoms in total. The fourth-order valence-electron chi connectivity index (χ4n) is 1.48. The van der Waals surface area contributed by atoms with Crippen LogP contribution in [0.25, 0.3) is 0 Å². The third kappa shape index (κ3) is 3.59. The van der Waals surface area contributed by atoms with Crippen LogP contribution in [0, 0.1) is 0 Å². The summed E-state index contributed by atoms with van der Waals surface area (Å²) in [5, 5.41) is 9.59. The molecule has 0 spiro atoms.